The van der Waals surface area contributed by atoms with Gasteiger partial charge in [0, 0.05) is 32.5 Å². The second-order valence-corrected chi connectivity index (χ2v) is 7.18. The molecule has 2 amide bonds. The van der Waals surface area contributed by atoms with Crippen LogP contribution in [0.3, 0.4) is 0 Å². The standard InChI is InChI=1S/C18H30N4O7/c1-18(2,3)29-17(25)21-13(7-12-8-19-11-20-12)16(24)22(9-14(23)26-4)10-15(27-5)28-6/h8,11,13,15H,7,9-10H2,1-6H3,(H,19,20)(H,21,25)/t13-/m0/s1. The second kappa shape index (κ2) is 11.4. The molecule has 0 aromatic carbocycles. The fourth-order valence-corrected chi connectivity index (χ4v) is 2.36. The van der Waals surface area contributed by atoms with E-state index in [1.807, 2.05) is 0 Å². The van der Waals surface area contributed by atoms with Gasteiger partial charge in [-0.15, -0.1) is 0 Å². The van der Waals surface area contributed by atoms with Crippen LogP contribution in [0.4, 0.5) is 4.79 Å². The zero-order chi connectivity index (χ0) is 22.0. The smallest absolute Gasteiger partial charge is 0.408 e. The molecule has 0 spiro atoms. The molecule has 1 atom stereocenters. The van der Waals surface area contributed by atoms with Gasteiger partial charge in [-0.1, -0.05) is 0 Å². The van der Waals surface area contributed by atoms with Crippen molar-refractivity contribution in [3.05, 3.63) is 18.2 Å². The number of rotatable bonds is 10. The largest absolute Gasteiger partial charge is 0.468 e. The van der Waals surface area contributed by atoms with Crippen molar-refractivity contribution >= 4 is 18.0 Å². The van der Waals surface area contributed by atoms with E-state index in [0.29, 0.717) is 5.69 Å². The number of esters is 1. The predicted molar refractivity (Wildman–Crippen MR) is 102 cm³/mol. The van der Waals surface area contributed by atoms with Crippen LogP contribution < -0.4 is 5.32 Å². The number of aromatic amines is 1. The van der Waals surface area contributed by atoms with E-state index >= 15 is 0 Å². The number of nitrogens with zero attached hydrogens (tertiary/aromatic N) is 2. The van der Waals surface area contributed by atoms with Gasteiger partial charge in [-0.3, -0.25) is 9.59 Å². The number of methoxy groups -OCH3 is 3. The lowest BCUT2D eigenvalue weighted by Gasteiger charge is -2.29. The summed E-state index contributed by atoms with van der Waals surface area (Å²) in [4.78, 5) is 45.3. The molecule has 0 bridgehead atoms. The number of nitrogens with one attached hydrogen (secondary N) is 2. The van der Waals surface area contributed by atoms with Crippen LogP contribution in [0, 0.1) is 0 Å². The van der Waals surface area contributed by atoms with Gasteiger partial charge in [0.1, 0.15) is 18.2 Å². The Morgan fingerprint density at radius 3 is 2.34 bits per heavy atom. The van der Waals surface area contributed by atoms with Gasteiger partial charge in [0.2, 0.25) is 5.91 Å². The lowest BCUT2D eigenvalue weighted by atomic mass is 10.1. The molecule has 0 radical (unpaired) electrons. The third-order valence-corrected chi connectivity index (χ3v) is 3.72. The average molecular weight is 414 g/mol. The van der Waals surface area contributed by atoms with Crippen LogP contribution in [0.25, 0.3) is 0 Å². The van der Waals surface area contributed by atoms with Gasteiger partial charge in [-0.25, -0.2) is 9.78 Å². The number of carbonyl (C=O) groups is 3. The molecular formula is C18H30N4O7. The van der Waals surface area contributed by atoms with E-state index in [-0.39, 0.29) is 19.5 Å². The first-order valence-corrected chi connectivity index (χ1v) is 8.97. The van der Waals surface area contributed by atoms with Gasteiger partial charge < -0.3 is 34.1 Å². The fraction of sp³-hybridized carbons (Fsp3) is 0.667. The third-order valence-electron chi connectivity index (χ3n) is 3.72. The van der Waals surface area contributed by atoms with Crippen molar-refractivity contribution in [1.82, 2.24) is 20.2 Å². The summed E-state index contributed by atoms with van der Waals surface area (Å²) in [6.07, 6.45) is 1.58. The molecule has 1 rings (SSSR count). The van der Waals surface area contributed by atoms with Crippen molar-refractivity contribution in [2.24, 2.45) is 0 Å². The maximum Gasteiger partial charge on any atom is 0.408 e. The number of ether oxygens (including phenoxy) is 4. The van der Waals surface area contributed by atoms with E-state index in [4.69, 9.17) is 14.2 Å². The topological polar surface area (TPSA) is 132 Å². The predicted octanol–water partition coefficient (Wildman–Crippen LogP) is 0.466. The quantitative estimate of drug-likeness (QED) is 0.417. The zero-order valence-corrected chi connectivity index (χ0v) is 17.7. The third kappa shape index (κ3) is 8.92. The molecule has 0 aliphatic carbocycles. The van der Waals surface area contributed by atoms with Crippen molar-refractivity contribution in [2.75, 3.05) is 34.4 Å². The zero-order valence-electron chi connectivity index (χ0n) is 17.7. The Hall–Kier alpha value is -2.66. The minimum Gasteiger partial charge on any atom is -0.468 e. The molecule has 2 N–H and O–H groups in total. The summed E-state index contributed by atoms with van der Waals surface area (Å²) >= 11 is 0. The SMILES string of the molecule is COC(=O)CN(CC(OC)OC)C(=O)[C@H](Cc1cnc[nH]1)NC(=O)OC(C)(C)C. The Kier molecular flexibility index (Phi) is 9.56. The summed E-state index contributed by atoms with van der Waals surface area (Å²) in [6, 6.07) is -1.02. The first-order chi connectivity index (χ1) is 13.6. The fourth-order valence-electron chi connectivity index (χ4n) is 2.36. The molecule has 29 heavy (non-hydrogen) atoms. The summed E-state index contributed by atoms with van der Waals surface area (Å²) in [6.45, 7) is 4.75. The first kappa shape index (κ1) is 24.4. The molecule has 0 aliphatic rings. The molecule has 0 fully saturated rings. The molecule has 1 aromatic rings. The van der Waals surface area contributed by atoms with Crippen molar-refractivity contribution in [3.8, 4) is 0 Å². The summed E-state index contributed by atoms with van der Waals surface area (Å²) in [5.41, 5.74) is -0.123. The summed E-state index contributed by atoms with van der Waals surface area (Å²) in [5, 5.41) is 2.56. The molecule has 11 nitrogen and oxygen atoms in total. The lowest BCUT2D eigenvalue weighted by molar-refractivity contribution is -0.156. The molecule has 0 saturated carbocycles. The van der Waals surface area contributed by atoms with Crippen LogP contribution >= 0.6 is 0 Å². The minimum atomic E-state index is -1.02. The number of amides is 2. The minimum absolute atomic E-state index is 0.0452. The number of alkyl carbamates (subject to hydrolysis) is 1. The molecule has 1 aromatic heterocycles. The molecule has 164 valence electrons. The van der Waals surface area contributed by atoms with E-state index in [2.05, 4.69) is 20.0 Å². The number of aromatic nitrogens is 2. The maximum absolute atomic E-state index is 13.2. The van der Waals surface area contributed by atoms with Crippen LogP contribution in [-0.4, -0.2) is 85.2 Å². The molecule has 0 saturated heterocycles. The summed E-state index contributed by atoms with van der Waals surface area (Å²) < 4.78 is 20.2. The highest BCUT2D eigenvalue weighted by Gasteiger charge is 2.31. The van der Waals surface area contributed by atoms with Gasteiger partial charge in [0.05, 0.1) is 20.0 Å². The Morgan fingerprint density at radius 2 is 1.86 bits per heavy atom. The van der Waals surface area contributed by atoms with Crippen molar-refractivity contribution in [1.29, 1.82) is 0 Å². The molecule has 0 unspecified atom stereocenters. The number of hydrogen-bond donors (Lipinski definition) is 2. The number of imidazole rings is 1. The van der Waals surface area contributed by atoms with E-state index in [0.717, 1.165) is 0 Å². The van der Waals surface area contributed by atoms with E-state index < -0.39 is 35.9 Å². The maximum atomic E-state index is 13.2. The monoisotopic (exact) mass is 414 g/mol. The summed E-state index contributed by atoms with van der Waals surface area (Å²) in [5.74, 6) is -1.16. The van der Waals surface area contributed by atoms with Gasteiger partial charge >= 0.3 is 12.1 Å². The number of H-pyrrole nitrogens is 1. The Morgan fingerprint density at radius 1 is 1.21 bits per heavy atom. The first-order valence-electron chi connectivity index (χ1n) is 8.97. The average Bonchev–Trinajstić information content (AvgIpc) is 3.15. The van der Waals surface area contributed by atoms with E-state index in [1.165, 1.54) is 38.8 Å². The normalized spacial score (nSPS) is 12.4. The van der Waals surface area contributed by atoms with Crippen molar-refractivity contribution < 1.29 is 33.3 Å². The molecule has 0 aliphatic heterocycles. The summed E-state index contributed by atoms with van der Waals surface area (Å²) in [7, 11) is 4.04. The van der Waals surface area contributed by atoms with Crippen LogP contribution in [-0.2, 0) is 35.0 Å². The van der Waals surface area contributed by atoms with E-state index in [1.54, 1.807) is 20.8 Å². The molecular weight excluding hydrogens is 384 g/mol. The van der Waals surface area contributed by atoms with E-state index in [9.17, 15) is 14.4 Å². The van der Waals surface area contributed by atoms with Gasteiger partial charge in [0.25, 0.3) is 0 Å². The number of hydrogen-bond acceptors (Lipinski definition) is 8. The Balaban J connectivity index is 3.06. The Bertz CT molecular complexity index is 654. The van der Waals surface area contributed by atoms with Crippen LogP contribution in [0.2, 0.25) is 0 Å². The van der Waals surface area contributed by atoms with Crippen LogP contribution in [0.15, 0.2) is 12.5 Å². The van der Waals surface area contributed by atoms with Crippen molar-refractivity contribution in [3.63, 3.8) is 0 Å². The van der Waals surface area contributed by atoms with Gasteiger partial charge in [-0.05, 0) is 20.8 Å². The highest BCUT2D eigenvalue weighted by Crippen LogP contribution is 2.10. The molecule has 1 heterocycles. The van der Waals surface area contributed by atoms with Crippen molar-refractivity contribution in [2.45, 2.75) is 45.1 Å². The highest BCUT2D eigenvalue weighted by atomic mass is 16.7. The van der Waals surface area contributed by atoms with Gasteiger partial charge in [-0.2, -0.15) is 0 Å². The second-order valence-electron chi connectivity index (χ2n) is 7.18. The van der Waals surface area contributed by atoms with Crippen LogP contribution in [0.1, 0.15) is 26.5 Å². The number of carbonyl (C=O) groups excluding carboxylic acids is 3. The van der Waals surface area contributed by atoms with Gasteiger partial charge in [0.15, 0.2) is 6.29 Å². The highest BCUT2D eigenvalue weighted by molar-refractivity contribution is 5.88. The molecule has 11 heteroatoms. The lowest BCUT2D eigenvalue weighted by Crippen LogP contribution is -2.53. The van der Waals surface area contributed by atoms with Crippen LogP contribution in [0.5, 0.6) is 0 Å². The Labute approximate surface area is 170 Å².